The van der Waals surface area contributed by atoms with Crippen molar-refractivity contribution in [2.75, 3.05) is 18.9 Å². The number of anilines is 1. The van der Waals surface area contributed by atoms with Crippen LogP contribution in [0.3, 0.4) is 0 Å². The molecule has 0 atom stereocenters. The fraction of sp³-hybridized carbons (Fsp3) is 0.200. The van der Waals surface area contributed by atoms with Crippen molar-refractivity contribution in [2.45, 2.75) is 6.42 Å². The van der Waals surface area contributed by atoms with E-state index in [1.165, 1.54) is 0 Å². The van der Waals surface area contributed by atoms with Gasteiger partial charge in [-0.05, 0) is 36.4 Å². The molecule has 3 nitrogen and oxygen atoms in total. The van der Waals surface area contributed by atoms with Gasteiger partial charge in [-0.15, -0.1) is 0 Å². The lowest BCUT2D eigenvalue weighted by molar-refractivity contribution is 0.247. The molecule has 0 heterocycles. The molecule has 0 spiro atoms. The number of nitrogens with two attached hydrogens (primary N) is 1. The van der Waals surface area contributed by atoms with Gasteiger partial charge in [0.1, 0.15) is 11.5 Å². The Morgan fingerprint density at radius 1 is 0.895 bits per heavy atom. The van der Waals surface area contributed by atoms with E-state index < -0.39 is 0 Å². The Balaban J connectivity index is 1.66. The van der Waals surface area contributed by atoms with Crippen LogP contribution in [0, 0.1) is 0 Å². The van der Waals surface area contributed by atoms with Crippen molar-refractivity contribution in [3.8, 4) is 11.5 Å². The molecule has 100 valence electrons. The highest BCUT2D eigenvalue weighted by Gasteiger charge is 1.96. The van der Waals surface area contributed by atoms with Gasteiger partial charge in [-0.1, -0.05) is 17.7 Å². The number of rotatable bonds is 6. The van der Waals surface area contributed by atoms with E-state index in [0.29, 0.717) is 23.9 Å². The lowest BCUT2D eigenvalue weighted by Gasteiger charge is -2.08. The summed E-state index contributed by atoms with van der Waals surface area (Å²) in [6, 6.07) is 14.7. The summed E-state index contributed by atoms with van der Waals surface area (Å²) in [6.07, 6.45) is 0.803. The normalized spacial score (nSPS) is 10.2. The molecular formula is C15H16ClNO2. The molecule has 2 aromatic rings. The van der Waals surface area contributed by atoms with Crippen molar-refractivity contribution in [3.63, 3.8) is 0 Å². The largest absolute Gasteiger partial charge is 0.493 e. The van der Waals surface area contributed by atoms with Crippen LogP contribution in [0.15, 0.2) is 48.5 Å². The molecule has 0 bridgehead atoms. The number of nitrogen functional groups attached to an aromatic ring is 1. The number of hydrogen-bond donors (Lipinski definition) is 1. The van der Waals surface area contributed by atoms with Crippen LogP contribution in [0.5, 0.6) is 11.5 Å². The van der Waals surface area contributed by atoms with Gasteiger partial charge in [-0.25, -0.2) is 0 Å². The molecule has 0 saturated carbocycles. The first kappa shape index (κ1) is 13.6. The number of halogens is 1. The lowest BCUT2D eigenvalue weighted by atomic mass is 10.3. The maximum Gasteiger partial charge on any atom is 0.121 e. The number of hydrogen-bond acceptors (Lipinski definition) is 3. The fourth-order valence-corrected chi connectivity index (χ4v) is 1.70. The highest BCUT2D eigenvalue weighted by molar-refractivity contribution is 6.30. The summed E-state index contributed by atoms with van der Waals surface area (Å²) in [7, 11) is 0. The van der Waals surface area contributed by atoms with E-state index >= 15 is 0 Å². The molecule has 2 aromatic carbocycles. The minimum atomic E-state index is 0.594. The molecule has 0 aromatic heterocycles. The summed E-state index contributed by atoms with van der Waals surface area (Å²) in [5, 5.41) is 0.706. The van der Waals surface area contributed by atoms with Crippen LogP contribution in [-0.2, 0) is 0 Å². The monoisotopic (exact) mass is 277 g/mol. The summed E-state index contributed by atoms with van der Waals surface area (Å²) < 4.78 is 11.1. The molecule has 0 radical (unpaired) electrons. The van der Waals surface area contributed by atoms with E-state index in [1.54, 1.807) is 18.2 Å². The topological polar surface area (TPSA) is 44.5 Å². The van der Waals surface area contributed by atoms with E-state index in [4.69, 9.17) is 26.8 Å². The number of benzene rings is 2. The van der Waals surface area contributed by atoms with E-state index in [2.05, 4.69) is 0 Å². The Morgan fingerprint density at radius 2 is 1.58 bits per heavy atom. The SMILES string of the molecule is Nc1cccc(OCCCOc2ccc(Cl)cc2)c1. The molecule has 2 rings (SSSR count). The molecule has 0 aliphatic rings. The van der Waals surface area contributed by atoms with Crippen LogP contribution in [0.1, 0.15) is 6.42 Å². The zero-order valence-electron chi connectivity index (χ0n) is 10.5. The molecule has 4 heteroatoms. The van der Waals surface area contributed by atoms with Gasteiger partial charge in [0.25, 0.3) is 0 Å². The summed E-state index contributed by atoms with van der Waals surface area (Å²) in [5.41, 5.74) is 6.37. The van der Waals surface area contributed by atoms with Crippen molar-refractivity contribution in [3.05, 3.63) is 53.6 Å². The quantitative estimate of drug-likeness (QED) is 0.646. The minimum Gasteiger partial charge on any atom is -0.493 e. The Kier molecular flexibility index (Phi) is 4.93. The van der Waals surface area contributed by atoms with Crippen molar-refractivity contribution < 1.29 is 9.47 Å². The van der Waals surface area contributed by atoms with Crippen molar-refractivity contribution in [1.29, 1.82) is 0 Å². The molecule has 2 N–H and O–H groups in total. The van der Waals surface area contributed by atoms with Gasteiger partial charge >= 0.3 is 0 Å². The van der Waals surface area contributed by atoms with Crippen LogP contribution in [0.2, 0.25) is 5.02 Å². The second-order valence-electron chi connectivity index (χ2n) is 4.08. The maximum atomic E-state index is 5.79. The average molecular weight is 278 g/mol. The first-order chi connectivity index (χ1) is 9.24. The van der Waals surface area contributed by atoms with Crippen molar-refractivity contribution in [1.82, 2.24) is 0 Å². The molecular weight excluding hydrogens is 262 g/mol. The summed E-state index contributed by atoms with van der Waals surface area (Å²) in [4.78, 5) is 0. The molecule has 0 fully saturated rings. The Morgan fingerprint density at radius 3 is 2.26 bits per heavy atom. The second-order valence-corrected chi connectivity index (χ2v) is 4.51. The zero-order valence-corrected chi connectivity index (χ0v) is 11.3. The zero-order chi connectivity index (χ0) is 13.5. The van der Waals surface area contributed by atoms with Gasteiger partial charge in [0, 0.05) is 23.2 Å². The third-order valence-electron chi connectivity index (χ3n) is 2.50. The van der Waals surface area contributed by atoms with E-state index in [0.717, 1.165) is 17.9 Å². The number of ether oxygens (including phenoxy) is 2. The van der Waals surface area contributed by atoms with Crippen molar-refractivity contribution >= 4 is 17.3 Å². The third kappa shape index (κ3) is 4.72. The summed E-state index contributed by atoms with van der Waals surface area (Å²) in [6.45, 7) is 1.20. The first-order valence-electron chi connectivity index (χ1n) is 6.11. The van der Waals surface area contributed by atoms with Crippen LogP contribution >= 0.6 is 11.6 Å². The molecule has 0 aliphatic heterocycles. The summed E-state index contributed by atoms with van der Waals surface area (Å²) in [5.74, 6) is 1.60. The Labute approximate surface area is 117 Å². The highest BCUT2D eigenvalue weighted by atomic mass is 35.5. The molecule has 19 heavy (non-hydrogen) atoms. The third-order valence-corrected chi connectivity index (χ3v) is 2.75. The van der Waals surface area contributed by atoms with Crippen LogP contribution in [-0.4, -0.2) is 13.2 Å². The predicted molar refractivity (Wildman–Crippen MR) is 77.9 cm³/mol. The predicted octanol–water partition coefficient (Wildman–Crippen LogP) is 3.77. The smallest absolute Gasteiger partial charge is 0.121 e. The average Bonchev–Trinajstić information content (AvgIpc) is 2.41. The van der Waals surface area contributed by atoms with Crippen molar-refractivity contribution in [2.24, 2.45) is 0 Å². The standard InChI is InChI=1S/C15H16ClNO2/c16-12-5-7-14(8-6-12)18-9-2-10-19-15-4-1-3-13(17)11-15/h1,3-8,11H,2,9-10,17H2. The molecule has 0 saturated heterocycles. The van der Waals surface area contributed by atoms with E-state index in [1.807, 2.05) is 30.3 Å². The highest BCUT2D eigenvalue weighted by Crippen LogP contribution is 2.16. The summed E-state index contributed by atoms with van der Waals surface area (Å²) >= 11 is 5.79. The molecule has 0 amide bonds. The van der Waals surface area contributed by atoms with Gasteiger partial charge in [-0.3, -0.25) is 0 Å². The first-order valence-corrected chi connectivity index (χ1v) is 6.48. The van der Waals surface area contributed by atoms with Gasteiger partial charge in [0.05, 0.1) is 13.2 Å². The Bertz CT molecular complexity index is 514. The van der Waals surface area contributed by atoms with Gasteiger partial charge in [0.2, 0.25) is 0 Å². The lowest BCUT2D eigenvalue weighted by Crippen LogP contribution is -2.05. The fourth-order valence-electron chi connectivity index (χ4n) is 1.57. The van der Waals surface area contributed by atoms with Crippen LogP contribution in [0.4, 0.5) is 5.69 Å². The minimum absolute atomic E-state index is 0.594. The van der Waals surface area contributed by atoms with Gasteiger partial charge in [0.15, 0.2) is 0 Å². The van der Waals surface area contributed by atoms with Gasteiger partial charge < -0.3 is 15.2 Å². The molecule has 0 unspecified atom stereocenters. The van der Waals surface area contributed by atoms with E-state index in [-0.39, 0.29) is 0 Å². The van der Waals surface area contributed by atoms with Crippen LogP contribution in [0.25, 0.3) is 0 Å². The molecule has 0 aliphatic carbocycles. The Hall–Kier alpha value is -1.87. The van der Waals surface area contributed by atoms with E-state index in [9.17, 15) is 0 Å². The second kappa shape index (κ2) is 6.90. The van der Waals surface area contributed by atoms with Crippen LogP contribution < -0.4 is 15.2 Å². The maximum absolute atomic E-state index is 5.79. The van der Waals surface area contributed by atoms with Gasteiger partial charge in [-0.2, -0.15) is 0 Å².